The minimum Gasteiger partial charge on any atom is -0.496 e. The first-order valence-corrected chi connectivity index (χ1v) is 7.65. The molecule has 138 valence electrons. The molecule has 0 spiro atoms. The highest BCUT2D eigenvalue weighted by molar-refractivity contribution is 5.92. The second-order valence-corrected chi connectivity index (χ2v) is 5.42. The van der Waals surface area contributed by atoms with Crippen molar-refractivity contribution in [2.24, 2.45) is 0 Å². The van der Waals surface area contributed by atoms with Gasteiger partial charge in [-0.25, -0.2) is 0 Å². The van der Waals surface area contributed by atoms with Crippen LogP contribution in [0, 0.1) is 0 Å². The zero-order valence-electron chi connectivity index (χ0n) is 13.9. The number of hydrogen-bond donors (Lipinski definition) is 2. The molecule has 2 rings (SSSR count). The molecule has 2 aromatic rings. The summed E-state index contributed by atoms with van der Waals surface area (Å²) in [4.78, 5) is 23.0. The highest BCUT2D eigenvalue weighted by Gasteiger charge is 2.38. The van der Waals surface area contributed by atoms with Crippen molar-refractivity contribution in [3.8, 4) is 5.75 Å². The van der Waals surface area contributed by atoms with Gasteiger partial charge >= 0.3 is 12.1 Å². The van der Waals surface area contributed by atoms with Gasteiger partial charge in [-0.3, -0.25) is 9.59 Å². The second kappa shape index (κ2) is 8.37. The summed E-state index contributed by atoms with van der Waals surface area (Å²) in [6.45, 7) is -0.297. The van der Waals surface area contributed by atoms with Crippen molar-refractivity contribution in [3.63, 3.8) is 0 Å². The lowest BCUT2D eigenvalue weighted by Gasteiger charge is -2.11. The number of rotatable bonds is 6. The van der Waals surface area contributed by atoms with Crippen molar-refractivity contribution in [1.29, 1.82) is 0 Å². The van der Waals surface area contributed by atoms with E-state index in [9.17, 15) is 22.8 Å². The first kappa shape index (κ1) is 19.3. The van der Waals surface area contributed by atoms with Crippen molar-refractivity contribution in [1.82, 2.24) is 5.32 Å². The topological polar surface area (TPSA) is 67.4 Å². The van der Waals surface area contributed by atoms with E-state index in [1.54, 1.807) is 47.8 Å². The Labute approximate surface area is 148 Å². The number of ether oxygens (including phenoxy) is 1. The van der Waals surface area contributed by atoms with Gasteiger partial charge in [-0.15, -0.1) is 0 Å². The molecule has 0 saturated carbocycles. The Bertz CT molecular complexity index is 791. The Morgan fingerprint density at radius 1 is 1.08 bits per heavy atom. The molecule has 2 N–H and O–H groups in total. The number of methoxy groups -OCH3 is 1. The fourth-order valence-corrected chi connectivity index (χ4v) is 2.27. The average molecular weight is 366 g/mol. The number of halogens is 3. The van der Waals surface area contributed by atoms with Crippen molar-refractivity contribution in [2.45, 2.75) is 19.1 Å². The molecule has 0 aliphatic rings. The van der Waals surface area contributed by atoms with E-state index in [2.05, 4.69) is 5.32 Å². The molecule has 0 bridgehead atoms. The van der Waals surface area contributed by atoms with Crippen molar-refractivity contribution in [2.75, 3.05) is 12.4 Å². The Hall–Kier alpha value is -3.03. The van der Waals surface area contributed by atoms with Gasteiger partial charge in [0, 0.05) is 17.8 Å². The van der Waals surface area contributed by atoms with Crippen LogP contribution in [0.2, 0.25) is 0 Å². The van der Waals surface area contributed by atoms with Crippen LogP contribution < -0.4 is 15.4 Å². The number of para-hydroxylation sites is 1. The summed E-state index contributed by atoms with van der Waals surface area (Å²) in [6, 6.07) is 13.3. The normalized spacial score (nSPS) is 10.9. The van der Waals surface area contributed by atoms with Crippen LogP contribution in [0.15, 0.2) is 48.5 Å². The molecule has 8 heteroatoms. The molecule has 2 aromatic carbocycles. The number of benzene rings is 2. The van der Waals surface area contributed by atoms with Gasteiger partial charge in [-0.2, -0.15) is 13.2 Å². The minimum atomic E-state index is -4.93. The van der Waals surface area contributed by atoms with Gasteiger partial charge in [0.2, 0.25) is 5.91 Å². The summed E-state index contributed by atoms with van der Waals surface area (Å²) in [7, 11) is 1.51. The van der Waals surface area contributed by atoms with E-state index in [1.165, 1.54) is 13.2 Å². The van der Waals surface area contributed by atoms with Crippen LogP contribution >= 0.6 is 0 Å². The van der Waals surface area contributed by atoms with Gasteiger partial charge in [0.25, 0.3) is 0 Å². The number of hydrogen-bond acceptors (Lipinski definition) is 3. The summed E-state index contributed by atoms with van der Waals surface area (Å²) < 4.78 is 41.8. The number of carbonyl (C=O) groups excluding carboxylic acids is 2. The van der Waals surface area contributed by atoms with Gasteiger partial charge in [0.15, 0.2) is 0 Å². The molecule has 0 aliphatic carbocycles. The molecule has 0 heterocycles. The molecule has 0 saturated heterocycles. The van der Waals surface area contributed by atoms with Gasteiger partial charge in [-0.05, 0) is 23.8 Å². The SMILES string of the molecule is COc1ccccc1CC(=O)Nc1cccc(CNC(=O)C(F)(F)F)c1. The van der Waals surface area contributed by atoms with Crippen LogP contribution in [-0.2, 0) is 22.6 Å². The van der Waals surface area contributed by atoms with E-state index in [1.807, 2.05) is 0 Å². The highest BCUT2D eigenvalue weighted by Crippen LogP contribution is 2.19. The van der Waals surface area contributed by atoms with Crippen LogP contribution in [0.3, 0.4) is 0 Å². The van der Waals surface area contributed by atoms with Crippen molar-refractivity contribution in [3.05, 3.63) is 59.7 Å². The number of carbonyl (C=O) groups is 2. The molecule has 0 radical (unpaired) electrons. The predicted molar refractivity (Wildman–Crippen MR) is 89.7 cm³/mol. The fraction of sp³-hybridized carbons (Fsp3) is 0.222. The number of alkyl halides is 3. The third-order valence-corrected chi connectivity index (χ3v) is 3.46. The zero-order valence-corrected chi connectivity index (χ0v) is 13.9. The van der Waals surface area contributed by atoms with Gasteiger partial charge < -0.3 is 15.4 Å². The van der Waals surface area contributed by atoms with Crippen molar-refractivity contribution < 1.29 is 27.5 Å². The maximum Gasteiger partial charge on any atom is 0.471 e. The Balaban J connectivity index is 1.97. The van der Waals surface area contributed by atoms with E-state index in [-0.39, 0.29) is 18.9 Å². The average Bonchev–Trinajstić information content (AvgIpc) is 2.59. The molecule has 0 atom stereocenters. The monoisotopic (exact) mass is 366 g/mol. The molecule has 2 amide bonds. The largest absolute Gasteiger partial charge is 0.496 e. The standard InChI is InChI=1S/C18H17F3N2O3/c1-26-15-8-3-2-6-13(15)10-16(24)23-14-7-4-5-12(9-14)11-22-17(25)18(19,20)21/h2-9H,10-11H2,1H3,(H,22,25)(H,23,24). The minimum absolute atomic E-state index is 0.0824. The third kappa shape index (κ3) is 5.51. The van der Waals surface area contributed by atoms with Crippen molar-refractivity contribution >= 4 is 17.5 Å². The summed E-state index contributed by atoms with van der Waals surface area (Å²) in [5.41, 5.74) is 1.56. The molecular formula is C18H17F3N2O3. The molecule has 0 aromatic heterocycles. The maximum atomic E-state index is 12.2. The van der Waals surface area contributed by atoms with Gasteiger partial charge in [0.05, 0.1) is 13.5 Å². The quantitative estimate of drug-likeness (QED) is 0.826. The van der Waals surface area contributed by atoms with E-state index in [4.69, 9.17) is 4.74 Å². The smallest absolute Gasteiger partial charge is 0.471 e. The first-order chi connectivity index (χ1) is 12.3. The molecule has 0 aliphatic heterocycles. The molecule has 26 heavy (non-hydrogen) atoms. The summed E-state index contributed by atoms with van der Waals surface area (Å²) in [5.74, 6) is -1.72. The van der Waals surface area contributed by atoms with Gasteiger partial charge in [-0.1, -0.05) is 30.3 Å². The Kier molecular flexibility index (Phi) is 6.21. The summed E-state index contributed by atoms with van der Waals surface area (Å²) in [6.07, 6.45) is -4.85. The van der Waals surface area contributed by atoms with E-state index >= 15 is 0 Å². The van der Waals surface area contributed by atoms with Gasteiger partial charge in [0.1, 0.15) is 5.75 Å². The first-order valence-electron chi connectivity index (χ1n) is 7.65. The van der Waals surface area contributed by atoms with Crippen LogP contribution in [-0.4, -0.2) is 25.1 Å². The van der Waals surface area contributed by atoms with E-state index < -0.39 is 12.1 Å². The Morgan fingerprint density at radius 3 is 2.50 bits per heavy atom. The van der Waals surface area contributed by atoms with Crippen LogP contribution in [0.25, 0.3) is 0 Å². The lowest BCUT2D eigenvalue weighted by atomic mass is 10.1. The van der Waals surface area contributed by atoms with Crippen LogP contribution in [0.4, 0.5) is 18.9 Å². The molecule has 5 nitrogen and oxygen atoms in total. The summed E-state index contributed by atoms with van der Waals surface area (Å²) in [5, 5.41) is 4.45. The molecule has 0 fully saturated rings. The maximum absolute atomic E-state index is 12.2. The van der Waals surface area contributed by atoms with Crippen LogP contribution in [0.1, 0.15) is 11.1 Å². The highest BCUT2D eigenvalue weighted by atomic mass is 19.4. The predicted octanol–water partition coefficient (Wildman–Crippen LogP) is 3.05. The number of anilines is 1. The Morgan fingerprint density at radius 2 is 1.81 bits per heavy atom. The van der Waals surface area contributed by atoms with Crippen LogP contribution in [0.5, 0.6) is 5.75 Å². The fourth-order valence-electron chi connectivity index (χ4n) is 2.27. The third-order valence-electron chi connectivity index (χ3n) is 3.46. The zero-order chi connectivity index (χ0) is 19.2. The molecule has 0 unspecified atom stereocenters. The lowest BCUT2D eigenvalue weighted by molar-refractivity contribution is -0.173. The number of nitrogens with one attached hydrogen (secondary N) is 2. The molecular weight excluding hydrogens is 349 g/mol. The van der Waals surface area contributed by atoms with E-state index in [0.717, 1.165) is 0 Å². The summed E-state index contributed by atoms with van der Waals surface area (Å²) >= 11 is 0. The number of amides is 2. The van der Waals surface area contributed by atoms with E-state index in [0.29, 0.717) is 22.6 Å². The second-order valence-electron chi connectivity index (χ2n) is 5.42. The lowest BCUT2D eigenvalue weighted by Crippen LogP contribution is -2.36.